The highest BCUT2D eigenvalue weighted by Crippen LogP contribution is 2.19. The SMILES string of the molecule is O=C1NCCN(Cc2ccoc2)[C@@H]1CC(=O)N1CCC(OCc2ccccc2)CC1. The van der Waals surface area contributed by atoms with Crippen molar-refractivity contribution in [3.05, 3.63) is 60.1 Å². The molecule has 0 radical (unpaired) electrons. The predicted molar refractivity (Wildman–Crippen MR) is 111 cm³/mol. The minimum absolute atomic E-state index is 0.0377. The van der Waals surface area contributed by atoms with E-state index >= 15 is 0 Å². The van der Waals surface area contributed by atoms with E-state index in [1.165, 1.54) is 0 Å². The van der Waals surface area contributed by atoms with Gasteiger partial charge in [-0.05, 0) is 24.5 Å². The number of amides is 2. The molecule has 0 unspecified atom stereocenters. The van der Waals surface area contributed by atoms with Gasteiger partial charge in [0.25, 0.3) is 0 Å². The third kappa shape index (κ3) is 5.29. The third-order valence-corrected chi connectivity index (χ3v) is 5.90. The highest BCUT2D eigenvalue weighted by molar-refractivity contribution is 5.88. The lowest BCUT2D eigenvalue weighted by atomic mass is 10.0. The van der Waals surface area contributed by atoms with Crippen molar-refractivity contribution in [2.75, 3.05) is 26.2 Å². The topological polar surface area (TPSA) is 75.0 Å². The zero-order chi connectivity index (χ0) is 20.8. The van der Waals surface area contributed by atoms with Crippen molar-refractivity contribution in [1.82, 2.24) is 15.1 Å². The highest BCUT2D eigenvalue weighted by atomic mass is 16.5. The zero-order valence-electron chi connectivity index (χ0n) is 17.2. The molecule has 0 spiro atoms. The summed E-state index contributed by atoms with van der Waals surface area (Å²) in [5, 5.41) is 2.89. The average molecular weight is 412 g/mol. The quantitative estimate of drug-likeness (QED) is 0.756. The van der Waals surface area contributed by atoms with Crippen LogP contribution in [0.15, 0.2) is 53.3 Å². The Balaban J connectivity index is 1.26. The van der Waals surface area contributed by atoms with Gasteiger partial charge in [-0.1, -0.05) is 30.3 Å². The Labute approximate surface area is 177 Å². The maximum Gasteiger partial charge on any atom is 0.237 e. The van der Waals surface area contributed by atoms with Crippen LogP contribution >= 0.6 is 0 Å². The van der Waals surface area contributed by atoms with Crippen molar-refractivity contribution in [3.8, 4) is 0 Å². The second kappa shape index (κ2) is 9.91. The molecule has 1 aromatic heterocycles. The predicted octanol–water partition coefficient (Wildman–Crippen LogP) is 2.18. The monoisotopic (exact) mass is 411 g/mol. The fourth-order valence-electron chi connectivity index (χ4n) is 4.15. The first kappa shape index (κ1) is 20.6. The van der Waals surface area contributed by atoms with Gasteiger partial charge in [0.05, 0.1) is 37.7 Å². The maximum atomic E-state index is 12.9. The van der Waals surface area contributed by atoms with E-state index in [9.17, 15) is 9.59 Å². The van der Waals surface area contributed by atoms with E-state index in [1.54, 1.807) is 12.5 Å². The summed E-state index contributed by atoms with van der Waals surface area (Å²) >= 11 is 0. The molecule has 2 fully saturated rings. The highest BCUT2D eigenvalue weighted by Gasteiger charge is 2.34. The number of hydrogen-bond acceptors (Lipinski definition) is 5. The summed E-state index contributed by atoms with van der Waals surface area (Å²) < 4.78 is 11.2. The van der Waals surface area contributed by atoms with Crippen LogP contribution in [0.5, 0.6) is 0 Å². The van der Waals surface area contributed by atoms with Gasteiger partial charge < -0.3 is 19.4 Å². The molecule has 2 aromatic rings. The van der Waals surface area contributed by atoms with Crippen molar-refractivity contribution >= 4 is 11.8 Å². The van der Waals surface area contributed by atoms with Crippen LogP contribution in [-0.4, -0.2) is 59.9 Å². The minimum Gasteiger partial charge on any atom is -0.472 e. The number of rotatable bonds is 7. The number of carbonyl (C=O) groups is 2. The van der Waals surface area contributed by atoms with Gasteiger partial charge in [-0.15, -0.1) is 0 Å². The molecule has 2 aliphatic heterocycles. The number of nitrogens with zero attached hydrogens (tertiary/aromatic N) is 2. The summed E-state index contributed by atoms with van der Waals surface area (Å²) in [7, 11) is 0. The molecule has 2 saturated heterocycles. The Morgan fingerprint density at radius 1 is 1.10 bits per heavy atom. The second-order valence-electron chi connectivity index (χ2n) is 7.99. The van der Waals surface area contributed by atoms with Crippen molar-refractivity contribution < 1.29 is 18.7 Å². The Hall–Kier alpha value is -2.64. The molecule has 0 saturated carbocycles. The fourth-order valence-corrected chi connectivity index (χ4v) is 4.15. The number of carbonyl (C=O) groups excluding carboxylic acids is 2. The minimum atomic E-state index is -0.437. The van der Waals surface area contributed by atoms with Crippen LogP contribution in [0.1, 0.15) is 30.4 Å². The Morgan fingerprint density at radius 2 is 1.90 bits per heavy atom. The first-order valence-electron chi connectivity index (χ1n) is 10.6. The number of furan rings is 1. The van der Waals surface area contributed by atoms with Gasteiger partial charge in [0.15, 0.2) is 0 Å². The summed E-state index contributed by atoms with van der Waals surface area (Å²) in [6, 6.07) is 11.6. The Kier molecular flexibility index (Phi) is 6.81. The summed E-state index contributed by atoms with van der Waals surface area (Å²) in [5.74, 6) is -0.0325. The number of hydrogen-bond donors (Lipinski definition) is 1. The standard InChI is InChI=1S/C23H29N3O4/c27-22(14-21-23(28)24-9-12-26(21)15-19-8-13-29-16-19)25-10-6-20(7-11-25)30-17-18-4-2-1-3-5-18/h1-5,8,13,16,20-21H,6-7,9-12,14-15,17H2,(H,24,28)/t21-/m1/s1. The second-order valence-corrected chi connectivity index (χ2v) is 7.99. The molecule has 30 heavy (non-hydrogen) atoms. The van der Waals surface area contributed by atoms with Gasteiger partial charge >= 0.3 is 0 Å². The Morgan fingerprint density at radius 3 is 2.63 bits per heavy atom. The van der Waals surface area contributed by atoms with Gasteiger partial charge in [-0.2, -0.15) is 0 Å². The van der Waals surface area contributed by atoms with Crippen LogP contribution in [0.25, 0.3) is 0 Å². The number of piperidine rings is 1. The number of ether oxygens (including phenoxy) is 1. The van der Waals surface area contributed by atoms with E-state index in [0.29, 0.717) is 32.8 Å². The normalized spacial score (nSPS) is 20.9. The molecular formula is C23H29N3O4. The van der Waals surface area contributed by atoms with E-state index in [4.69, 9.17) is 9.15 Å². The van der Waals surface area contributed by atoms with E-state index < -0.39 is 6.04 Å². The molecule has 4 rings (SSSR count). The van der Waals surface area contributed by atoms with Gasteiger partial charge in [0, 0.05) is 38.3 Å². The molecular weight excluding hydrogens is 382 g/mol. The smallest absolute Gasteiger partial charge is 0.237 e. The van der Waals surface area contributed by atoms with Crippen molar-refractivity contribution in [2.24, 2.45) is 0 Å². The lowest BCUT2D eigenvalue weighted by molar-refractivity contribution is -0.140. The molecule has 7 nitrogen and oxygen atoms in total. The van der Waals surface area contributed by atoms with Crippen molar-refractivity contribution in [1.29, 1.82) is 0 Å². The summed E-state index contributed by atoms with van der Waals surface area (Å²) in [6.45, 7) is 3.89. The van der Waals surface area contributed by atoms with Crippen LogP contribution < -0.4 is 5.32 Å². The molecule has 2 amide bonds. The number of nitrogens with one attached hydrogen (secondary N) is 1. The van der Waals surface area contributed by atoms with Crippen LogP contribution in [-0.2, 0) is 27.5 Å². The van der Waals surface area contributed by atoms with Crippen LogP contribution in [0.2, 0.25) is 0 Å². The molecule has 7 heteroatoms. The molecule has 2 aliphatic rings. The first-order chi connectivity index (χ1) is 14.7. The largest absolute Gasteiger partial charge is 0.472 e. The van der Waals surface area contributed by atoms with Crippen molar-refractivity contribution in [3.63, 3.8) is 0 Å². The molecule has 160 valence electrons. The summed E-state index contributed by atoms with van der Waals surface area (Å²) in [6.07, 6.45) is 5.35. The zero-order valence-corrected chi connectivity index (χ0v) is 17.2. The molecule has 3 heterocycles. The molecule has 1 aromatic carbocycles. The van der Waals surface area contributed by atoms with Crippen LogP contribution in [0.3, 0.4) is 0 Å². The van der Waals surface area contributed by atoms with Gasteiger partial charge in [0.1, 0.15) is 0 Å². The third-order valence-electron chi connectivity index (χ3n) is 5.90. The number of benzene rings is 1. The summed E-state index contributed by atoms with van der Waals surface area (Å²) in [4.78, 5) is 29.3. The van der Waals surface area contributed by atoms with E-state index in [-0.39, 0.29) is 24.3 Å². The van der Waals surface area contributed by atoms with E-state index in [2.05, 4.69) is 22.3 Å². The molecule has 1 N–H and O–H groups in total. The van der Waals surface area contributed by atoms with Crippen LogP contribution in [0.4, 0.5) is 0 Å². The lowest BCUT2D eigenvalue weighted by Crippen LogP contribution is -2.56. The van der Waals surface area contributed by atoms with Gasteiger partial charge in [-0.25, -0.2) is 0 Å². The molecule has 0 aliphatic carbocycles. The van der Waals surface area contributed by atoms with Gasteiger partial charge in [0.2, 0.25) is 11.8 Å². The maximum absolute atomic E-state index is 12.9. The van der Waals surface area contributed by atoms with Crippen LogP contribution in [0, 0.1) is 0 Å². The van der Waals surface area contributed by atoms with Crippen molar-refractivity contribution in [2.45, 2.75) is 44.6 Å². The Bertz CT molecular complexity index is 816. The average Bonchev–Trinajstić information content (AvgIpc) is 3.29. The van der Waals surface area contributed by atoms with E-state index in [1.807, 2.05) is 29.2 Å². The van der Waals surface area contributed by atoms with E-state index in [0.717, 1.165) is 30.5 Å². The lowest BCUT2D eigenvalue weighted by Gasteiger charge is -2.37. The van der Waals surface area contributed by atoms with Gasteiger partial charge in [-0.3, -0.25) is 14.5 Å². The molecule has 1 atom stereocenters. The molecule has 0 bridgehead atoms. The fraction of sp³-hybridized carbons (Fsp3) is 0.478. The number of likely N-dealkylation sites (tertiary alicyclic amines) is 1. The summed E-state index contributed by atoms with van der Waals surface area (Å²) in [5.41, 5.74) is 2.18. The number of piperazine rings is 1. The first-order valence-corrected chi connectivity index (χ1v) is 10.6.